The van der Waals surface area contributed by atoms with E-state index in [0.717, 1.165) is 0 Å². The molecule has 0 unspecified atom stereocenters. The number of likely N-dealkylation sites (tertiary alicyclic amines) is 1. The van der Waals surface area contributed by atoms with Crippen LogP contribution in [0.2, 0.25) is 0 Å². The van der Waals surface area contributed by atoms with Gasteiger partial charge in [0.25, 0.3) is 5.91 Å². The van der Waals surface area contributed by atoms with Gasteiger partial charge in [0.2, 0.25) is 21.8 Å². The number of nitrogens with one attached hydrogen (secondary N) is 1. The van der Waals surface area contributed by atoms with Gasteiger partial charge in [-0.3, -0.25) is 19.3 Å². The number of primary sulfonamides is 1. The maximum atomic E-state index is 12.4. The van der Waals surface area contributed by atoms with Gasteiger partial charge in [0.1, 0.15) is 10.6 Å². The monoisotopic (exact) mass is 417 g/mol. The zero-order valence-electron chi connectivity index (χ0n) is 15.5. The number of rotatable bonds is 6. The predicted molar refractivity (Wildman–Crippen MR) is 104 cm³/mol. The van der Waals surface area contributed by atoms with E-state index in [1.165, 1.54) is 30.2 Å². The zero-order chi connectivity index (χ0) is 21.2. The quantitative estimate of drug-likeness (QED) is 0.679. The molecule has 10 heteroatoms. The third-order valence-electron chi connectivity index (χ3n) is 4.44. The van der Waals surface area contributed by atoms with Crippen LogP contribution in [0.15, 0.2) is 47.4 Å². The molecule has 152 valence electrons. The van der Waals surface area contributed by atoms with E-state index in [0.29, 0.717) is 11.1 Å². The van der Waals surface area contributed by atoms with Crippen LogP contribution in [-0.4, -0.2) is 38.1 Å². The second-order valence-corrected chi connectivity index (χ2v) is 7.97. The summed E-state index contributed by atoms with van der Waals surface area (Å²) in [7, 11) is -2.72. The molecule has 9 nitrogen and oxygen atoms in total. The van der Waals surface area contributed by atoms with Gasteiger partial charge in [-0.25, -0.2) is 13.6 Å². The Labute approximate surface area is 167 Å². The molecule has 0 aliphatic carbocycles. The summed E-state index contributed by atoms with van der Waals surface area (Å²) in [6.07, 6.45) is 0.448. The Balaban J connectivity index is 1.73. The Kier molecular flexibility index (Phi) is 5.66. The number of imide groups is 1. The van der Waals surface area contributed by atoms with E-state index >= 15 is 0 Å². The Morgan fingerprint density at radius 2 is 1.72 bits per heavy atom. The highest BCUT2D eigenvalue weighted by atomic mass is 32.2. The standard InChI is InChI=1S/C19H19N3O6S/c1-28-15-7-6-14(10-16(15)29(20,26)27)21-19(25)13-4-2-12(3-5-13)11-22-17(23)8-9-18(22)24/h2-7,10H,8-9,11H2,1H3,(H,21,25)(H2,20,26,27). The first-order valence-electron chi connectivity index (χ1n) is 8.63. The highest BCUT2D eigenvalue weighted by molar-refractivity contribution is 7.89. The molecule has 0 spiro atoms. The van der Waals surface area contributed by atoms with Crippen LogP contribution in [0.4, 0.5) is 5.69 Å². The molecule has 0 saturated carbocycles. The summed E-state index contributed by atoms with van der Waals surface area (Å²) >= 11 is 0. The van der Waals surface area contributed by atoms with E-state index in [-0.39, 0.29) is 47.5 Å². The maximum absolute atomic E-state index is 12.4. The summed E-state index contributed by atoms with van der Waals surface area (Å²) in [5.74, 6) is -0.805. The summed E-state index contributed by atoms with van der Waals surface area (Å²) in [6, 6.07) is 10.5. The number of anilines is 1. The van der Waals surface area contributed by atoms with Gasteiger partial charge in [0.15, 0.2) is 0 Å². The van der Waals surface area contributed by atoms with Gasteiger partial charge in [-0.2, -0.15) is 0 Å². The average Bonchev–Trinajstić information content (AvgIpc) is 3.00. The van der Waals surface area contributed by atoms with Gasteiger partial charge in [-0.15, -0.1) is 0 Å². The normalized spacial score (nSPS) is 14.2. The van der Waals surface area contributed by atoms with Crippen molar-refractivity contribution in [1.82, 2.24) is 4.90 Å². The number of nitrogens with zero attached hydrogens (tertiary/aromatic N) is 1. The number of nitrogens with two attached hydrogens (primary N) is 1. The fraction of sp³-hybridized carbons (Fsp3) is 0.211. The van der Waals surface area contributed by atoms with Crippen molar-refractivity contribution in [2.24, 2.45) is 5.14 Å². The molecule has 1 aliphatic rings. The lowest BCUT2D eigenvalue weighted by molar-refractivity contribution is -0.139. The fourth-order valence-corrected chi connectivity index (χ4v) is 3.65. The first-order valence-corrected chi connectivity index (χ1v) is 10.2. The number of benzene rings is 2. The van der Waals surface area contributed by atoms with Crippen LogP contribution in [-0.2, 0) is 26.2 Å². The number of sulfonamides is 1. The molecule has 29 heavy (non-hydrogen) atoms. The van der Waals surface area contributed by atoms with Crippen LogP contribution < -0.4 is 15.2 Å². The second kappa shape index (κ2) is 8.02. The van der Waals surface area contributed by atoms with Crippen molar-refractivity contribution in [3.63, 3.8) is 0 Å². The van der Waals surface area contributed by atoms with Crippen molar-refractivity contribution < 1.29 is 27.5 Å². The van der Waals surface area contributed by atoms with Crippen LogP contribution >= 0.6 is 0 Å². The lowest BCUT2D eigenvalue weighted by Crippen LogP contribution is -2.28. The highest BCUT2D eigenvalue weighted by Crippen LogP contribution is 2.26. The minimum absolute atomic E-state index is 0.0702. The van der Waals surface area contributed by atoms with Gasteiger partial charge in [0, 0.05) is 24.1 Å². The van der Waals surface area contributed by atoms with E-state index in [1.54, 1.807) is 24.3 Å². The van der Waals surface area contributed by atoms with Crippen LogP contribution in [0.25, 0.3) is 0 Å². The smallest absolute Gasteiger partial charge is 0.255 e. The Morgan fingerprint density at radius 3 is 2.28 bits per heavy atom. The van der Waals surface area contributed by atoms with Crippen molar-refractivity contribution >= 4 is 33.4 Å². The minimum atomic E-state index is -4.03. The van der Waals surface area contributed by atoms with E-state index in [9.17, 15) is 22.8 Å². The second-order valence-electron chi connectivity index (χ2n) is 6.44. The Bertz CT molecular complexity index is 1060. The summed E-state index contributed by atoms with van der Waals surface area (Å²) in [4.78, 5) is 36.8. The number of hydrogen-bond donors (Lipinski definition) is 2. The molecular formula is C19H19N3O6S. The summed E-state index contributed by atoms with van der Waals surface area (Å²) < 4.78 is 28.3. The minimum Gasteiger partial charge on any atom is -0.495 e. The molecule has 0 aromatic heterocycles. The molecule has 2 aromatic carbocycles. The van der Waals surface area contributed by atoms with E-state index in [1.807, 2.05) is 0 Å². The lowest BCUT2D eigenvalue weighted by Gasteiger charge is -2.14. The van der Waals surface area contributed by atoms with Crippen molar-refractivity contribution in [3.05, 3.63) is 53.6 Å². The molecule has 1 heterocycles. The lowest BCUT2D eigenvalue weighted by atomic mass is 10.1. The average molecular weight is 417 g/mol. The number of methoxy groups -OCH3 is 1. The molecule has 1 aliphatic heterocycles. The number of amides is 3. The molecular weight excluding hydrogens is 398 g/mol. The highest BCUT2D eigenvalue weighted by Gasteiger charge is 2.28. The molecule has 2 aromatic rings. The van der Waals surface area contributed by atoms with Gasteiger partial charge in [-0.1, -0.05) is 12.1 Å². The predicted octanol–water partition coefficient (Wildman–Crippen LogP) is 1.24. The zero-order valence-corrected chi connectivity index (χ0v) is 16.4. The first-order chi connectivity index (χ1) is 13.7. The number of hydrogen-bond acceptors (Lipinski definition) is 6. The van der Waals surface area contributed by atoms with Gasteiger partial charge >= 0.3 is 0 Å². The molecule has 1 fully saturated rings. The number of ether oxygens (including phenoxy) is 1. The molecule has 1 saturated heterocycles. The molecule has 3 rings (SSSR count). The third kappa shape index (κ3) is 4.61. The van der Waals surface area contributed by atoms with Crippen LogP contribution in [0, 0.1) is 0 Å². The van der Waals surface area contributed by atoms with Gasteiger partial charge in [-0.05, 0) is 35.9 Å². The van der Waals surface area contributed by atoms with Crippen molar-refractivity contribution in [1.29, 1.82) is 0 Å². The number of carbonyl (C=O) groups excluding carboxylic acids is 3. The van der Waals surface area contributed by atoms with Gasteiger partial charge < -0.3 is 10.1 Å². The third-order valence-corrected chi connectivity index (χ3v) is 5.37. The maximum Gasteiger partial charge on any atom is 0.255 e. The van der Waals surface area contributed by atoms with Crippen LogP contribution in [0.5, 0.6) is 5.75 Å². The molecule has 3 amide bonds. The van der Waals surface area contributed by atoms with Crippen LogP contribution in [0.3, 0.4) is 0 Å². The summed E-state index contributed by atoms with van der Waals surface area (Å²) in [5.41, 5.74) is 1.27. The van der Waals surface area contributed by atoms with Crippen molar-refractivity contribution in [2.75, 3.05) is 12.4 Å². The molecule has 0 radical (unpaired) electrons. The molecule has 0 atom stereocenters. The largest absolute Gasteiger partial charge is 0.495 e. The number of carbonyl (C=O) groups is 3. The van der Waals surface area contributed by atoms with E-state index in [4.69, 9.17) is 9.88 Å². The van der Waals surface area contributed by atoms with Gasteiger partial charge in [0.05, 0.1) is 13.7 Å². The molecule has 3 N–H and O–H groups in total. The summed E-state index contributed by atoms with van der Waals surface area (Å²) in [6.45, 7) is 0.162. The summed E-state index contributed by atoms with van der Waals surface area (Å²) in [5, 5.41) is 7.77. The topological polar surface area (TPSA) is 136 Å². The first kappa shape index (κ1) is 20.5. The fourth-order valence-electron chi connectivity index (χ4n) is 2.92. The van der Waals surface area contributed by atoms with Crippen molar-refractivity contribution in [2.45, 2.75) is 24.3 Å². The van der Waals surface area contributed by atoms with E-state index in [2.05, 4.69) is 5.32 Å². The molecule has 0 bridgehead atoms. The Hall–Kier alpha value is -3.24. The van der Waals surface area contributed by atoms with Crippen LogP contribution in [0.1, 0.15) is 28.8 Å². The Morgan fingerprint density at radius 1 is 1.10 bits per heavy atom. The van der Waals surface area contributed by atoms with Crippen molar-refractivity contribution in [3.8, 4) is 5.75 Å². The SMILES string of the molecule is COc1ccc(NC(=O)c2ccc(CN3C(=O)CCC3=O)cc2)cc1S(N)(=O)=O. The van der Waals surface area contributed by atoms with E-state index < -0.39 is 15.9 Å².